The Morgan fingerprint density at radius 1 is 0.925 bits per heavy atom. The maximum Gasteiger partial charge on any atom is 0.276 e. The second-order valence-corrected chi connectivity index (χ2v) is 22.2. The first kappa shape index (κ1) is 38.7. The predicted octanol–water partition coefficient (Wildman–Crippen LogP) is 6.84. The minimum atomic E-state index is -5.38. The number of hydrogen-bond acceptors (Lipinski definition) is 7. The van der Waals surface area contributed by atoms with Gasteiger partial charge in [-0.05, 0) is 55.1 Å². The highest BCUT2D eigenvalue weighted by Crippen LogP contribution is 2.36. The van der Waals surface area contributed by atoms with E-state index >= 15 is 0 Å². The molecule has 1 aliphatic carbocycles. The van der Waals surface area contributed by atoms with Crippen LogP contribution in [0.25, 0.3) is 10.8 Å². The van der Waals surface area contributed by atoms with Crippen LogP contribution in [0.2, 0.25) is 25.7 Å². The van der Waals surface area contributed by atoms with Crippen LogP contribution in [-0.4, -0.2) is 60.7 Å². The Bertz CT molecular complexity index is 2170. The predicted molar refractivity (Wildman–Crippen MR) is 190 cm³/mol. The number of nitrogens with zero attached hydrogens (tertiary/aromatic N) is 5. The van der Waals surface area contributed by atoms with Crippen molar-refractivity contribution < 1.29 is 39.9 Å². The van der Waals surface area contributed by atoms with Gasteiger partial charge in [0.25, 0.3) is 5.56 Å². The molecular formula is C36H40F5N5O5SSi. The normalized spacial score (nSPS) is 17.2. The van der Waals surface area contributed by atoms with E-state index in [4.69, 9.17) is 4.74 Å². The van der Waals surface area contributed by atoms with Gasteiger partial charge in [-0.3, -0.25) is 14.6 Å². The number of pyridine rings is 1. The van der Waals surface area contributed by atoms with Crippen molar-refractivity contribution in [1.82, 2.24) is 19.1 Å². The van der Waals surface area contributed by atoms with Crippen molar-refractivity contribution in [2.24, 2.45) is 0 Å². The van der Waals surface area contributed by atoms with Crippen LogP contribution in [0.1, 0.15) is 55.7 Å². The van der Waals surface area contributed by atoms with E-state index in [-0.39, 0.29) is 30.8 Å². The molecule has 2 aliphatic rings. The molecule has 1 saturated heterocycles. The van der Waals surface area contributed by atoms with Crippen molar-refractivity contribution >= 4 is 40.5 Å². The number of fused-ring (bicyclic) bond motifs is 1. The molecule has 1 unspecified atom stereocenters. The van der Waals surface area contributed by atoms with Gasteiger partial charge in [-0.1, -0.05) is 45.0 Å². The molecule has 0 N–H and O–H groups in total. The van der Waals surface area contributed by atoms with Crippen LogP contribution in [0, 0.1) is 29.1 Å². The molecule has 2 aromatic carbocycles. The number of anilines is 1. The van der Waals surface area contributed by atoms with Gasteiger partial charge in [0.05, 0.1) is 18.1 Å². The molecule has 1 atom stereocenters. The quantitative estimate of drug-likeness (QED) is 0.0509. The largest absolute Gasteiger partial charge is 0.359 e. The molecule has 2 aromatic heterocycles. The van der Waals surface area contributed by atoms with Gasteiger partial charge in [-0.25, -0.2) is 35.1 Å². The number of halogens is 5. The lowest BCUT2D eigenvalue weighted by Crippen LogP contribution is -2.59. The first-order valence-electron chi connectivity index (χ1n) is 17.5. The van der Waals surface area contributed by atoms with Gasteiger partial charge >= 0.3 is 0 Å². The molecule has 0 radical (unpaired) electrons. The number of carbonyl (C=O) groups is 1. The number of benzene rings is 2. The highest BCUT2D eigenvalue weighted by atomic mass is 32.2. The zero-order valence-corrected chi connectivity index (χ0v) is 31.4. The summed E-state index contributed by atoms with van der Waals surface area (Å²) in [5.41, 5.74) is 1.31. The van der Waals surface area contributed by atoms with Crippen LogP contribution in [-0.2, 0) is 32.8 Å². The van der Waals surface area contributed by atoms with Gasteiger partial charge in [-0.2, -0.15) is 9.40 Å². The van der Waals surface area contributed by atoms with Crippen LogP contribution in [0.15, 0.2) is 52.4 Å². The number of rotatable bonds is 12. The Balaban J connectivity index is 1.32. The molecule has 1 saturated carbocycles. The third-order valence-electron chi connectivity index (χ3n) is 9.83. The smallest absolute Gasteiger partial charge is 0.276 e. The van der Waals surface area contributed by atoms with Gasteiger partial charge < -0.3 is 9.64 Å². The zero-order chi connectivity index (χ0) is 38.2. The maximum absolute atomic E-state index is 14.7. The van der Waals surface area contributed by atoms with Gasteiger partial charge in [0.15, 0.2) is 28.2 Å². The van der Waals surface area contributed by atoms with Crippen molar-refractivity contribution in [3.8, 4) is 0 Å². The lowest BCUT2D eigenvalue weighted by Gasteiger charge is -2.41. The first-order chi connectivity index (χ1) is 25.1. The summed E-state index contributed by atoms with van der Waals surface area (Å²) in [6.07, 6.45) is 8.39. The van der Waals surface area contributed by atoms with Crippen molar-refractivity contribution in [2.45, 2.75) is 94.3 Å². The molecule has 1 amide bonds. The summed E-state index contributed by atoms with van der Waals surface area (Å²) in [6, 6.07) is 7.59. The number of carbonyl (C=O) groups excluding carboxylic acids is 1. The van der Waals surface area contributed by atoms with E-state index < -0.39 is 76.1 Å². The fraction of sp³-hybridized carbons (Fsp3) is 0.444. The second-order valence-electron chi connectivity index (χ2n) is 14.7. The van der Waals surface area contributed by atoms with Gasteiger partial charge in [-0.15, -0.1) is 0 Å². The summed E-state index contributed by atoms with van der Waals surface area (Å²) in [5, 5.41) is 4.88. The topological polar surface area (TPSA) is 115 Å². The van der Waals surface area contributed by atoms with E-state index in [9.17, 15) is 40.0 Å². The first-order valence-corrected chi connectivity index (χ1v) is 22.6. The molecule has 0 spiro atoms. The monoisotopic (exact) mass is 777 g/mol. The molecule has 53 heavy (non-hydrogen) atoms. The van der Waals surface area contributed by atoms with E-state index in [0.717, 1.165) is 37.4 Å². The number of aromatic nitrogens is 3. The van der Waals surface area contributed by atoms with Crippen LogP contribution < -0.4 is 10.5 Å². The maximum atomic E-state index is 14.7. The third kappa shape index (κ3) is 7.93. The lowest BCUT2D eigenvalue weighted by atomic mass is 9.86. The van der Waals surface area contributed by atoms with Gasteiger partial charge in [0.1, 0.15) is 12.8 Å². The Morgan fingerprint density at radius 2 is 1.60 bits per heavy atom. The summed E-state index contributed by atoms with van der Waals surface area (Å²) in [4.78, 5) is 31.4. The van der Waals surface area contributed by atoms with Crippen molar-refractivity contribution in [1.29, 1.82) is 0 Å². The van der Waals surface area contributed by atoms with Crippen molar-refractivity contribution in [3.63, 3.8) is 0 Å². The van der Waals surface area contributed by atoms with Crippen LogP contribution in [0.5, 0.6) is 0 Å². The second kappa shape index (κ2) is 15.4. The van der Waals surface area contributed by atoms with E-state index in [2.05, 4.69) is 29.7 Å². The molecule has 17 heteroatoms. The average molecular weight is 778 g/mol. The fourth-order valence-corrected chi connectivity index (χ4v) is 9.12. The minimum Gasteiger partial charge on any atom is -0.359 e. The summed E-state index contributed by atoms with van der Waals surface area (Å²) in [5.74, 6) is -12.9. The van der Waals surface area contributed by atoms with Crippen LogP contribution in [0.3, 0.4) is 0 Å². The number of ether oxygens (including phenoxy) is 1. The molecule has 3 heterocycles. The minimum absolute atomic E-state index is 0.0511. The van der Waals surface area contributed by atoms with Crippen molar-refractivity contribution in [2.75, 3.05) is 18.1 Å². The van der Waals surface area contributed by atoms with Crippen LogP contribution >= 0.6 is 0 Å². The molecule has 4 aromatic rings. The summed E-state index contributed by atoms with van der Waals surface area (Å²) in [6.45, 7) is 6.52. The average Bonchev–Trinajstić information content (AvgIpc) is 3.10. The highest BCUT2D eigenvalue weighted by Gasteiger charge is 2.48. The van der Waals surface area contributed by atoms with E-state index in [1.54, 1.807) is 6.20 Å². The summed E-state index contributed by atoms with van der Waals surface area (Å²) in [7, 11) is -6.73. The zero-order valence-electron chi connectivity index (χ0n) is 29.5. The Labute approximate surface area is 304 Å². The molecular weight excluding hydrogens is 738 g/mol. The van der Waals surface area contributed by atoms with Crippen LogP contribution in [0.4, 0.5) is 27.6 Å². The number of sulfonamides is 1. The Hall–Kier alpha value is -4.06. The standard InChI is InChI=1S/C36H40F5N5O5SSi/c1-53(2,3)16-15-51-21-45-35(47)26-11-10-25(17-24(26)19-43-45)44(20-22-9-12-27(42-18-22)23-7-5-4-6-8-23)36(48)28-13-14-46(28)52(49,50)34-32(40)30(38)29(37)31(39)33(34)41/h9-12,17-19,23,28H,4-8,13-16,20-21H2,1-3H3. The Morgan fingerprint density at radius 3 is 2.21 bits per heavy atom. The van der Waals surface area contributed by atoms with Crippen molar-refractivity contribution in [3.05, 3.63) is 93.4 Å². The third-order valence-corrected chi connectivity index (χ3v) is 13.5. The molecule has 1 aliphatic heterocycles. The SMILES string of the molecule is C[Si](C)(C)CCOCn1ncc2cc(N(Cc3ccc(C4CCCCC4)nc3)C(=O)C3CCN3S(=O)(=O)c3c(F)c(F)c(F)c(F)c3F)ccc2c1=O. The summed E-state index contributed by atoms with van der Waals surface area (Å²) < 4.78 is 105. The Kier molecular flexibility index (Phi) is 11.2. The molecule has 284 valence electrons. The lowest BCUT2D eigenvalue weighted by molar-refractivity contribution is -0.125. The molecule has 2 fully saturated rings. The van der Waals surface area contributed by atoms with E-state index in [1.165, 1.54) is 40.4 Å². The van der Waals surface area contributed by atoms with Gasteiger partial charge in [0, 0.05) is 50.1 Å². The summed E-state index contributed by atoms with van der Waals surface area (Å²) >= 11 is 0. The number of hydrogen-bond donors (Lipinski definition) is 0. The van der Waals surface area contributed by atoms with E-state index in [1.807, 2.05) is 12.1 Å². The molecule has 10 nitrogen and oxygen atoms in total. The fourth-order valence-electron chi connectivity index (χ4n) is 6.62. The number of amides is 1. The molecule has 0 bridgehead atoms. The van der Waals surface area contributed by atoms with Gasteiger partial charge in [0.2, 0.25) is 21.7 Å². The highest BCUT2D eigenvalue weighted by molar-refractivity contribution is 7.89. The molecule has 6 rings (SSSR count). The van der Waals surface area contributed by atoms with E-state index in [0.29, 0.717) is 27.8 Å².